The third kappa shape index (κ3) is 3.65. The Balaban J connectivity index is 1.83. The van der Waals surface area contributed by atoms with Crippen molar-refractivity contribution in [3.8, 4) is 17.2 Å². The first-order valence-electron chi connectivity index (χ1n) is 9.19. The van der Waals surface area contributed by atoms with Crippen LogP contribution in [0.2, 0.25) is 0 Å². The van der Waals surface area contributed by atoms with Gasteiger partial charge in [0.15, 0.2) is 11.5 Å². The third-order valence-electron chi connectivity index (χ3n) is 4.94. The molecule has 0 saturated carbocycles. The lowest BCUT2D eigenvalue weighted by atomic mass is 10.1. The molecule has 142 valence electrons. The van der Waals surface area contributed by atoms with E-state index < -0.39 is 0 Å². The highest BCUT2D eigenvalue weighted by molar-refractivity contribution is 5.55. The molecule has 1 saturated heterocycles. The van der Waals surface area contributed by atoms with Gasteiger partial charge in [0.25, 0.3) is 0 Å². The molecule has 6 nitrogen and oxygen atoms in total. The van der Waals surface area contributed by atoms with Crippen LogP contribution in [0, 0.1) is 0 Å². The van der Waals surface area contributed by atoms with Crippen molar-refractivity contribution in [3.05, 3.63) is 35.2 Å². The van der Waals surface area contributed by atoms with Gasteiger partial charge in [0.05, 0.1) is 27.4 Å². The molecule has 0 spiro atoms. The number of methoxy groups -OCH3 is 3. The molecular weight excluding hydrogens is 332 g/mol. The van der Waals surface area contributed by atoms with Gasteiger partial charge in [-0.3, -0.25) is 4.90 Å². The highest BCUT2D eigenvalue weighted by Crippen LogP contribution is 2.42. The number of likely N-dealkylation sites (tertiary alicyclic amines) is 1. The molecule has 1 aromatic heterocycles. The first-order valence-corrected chi connectivity index (χ1v) is 9.19. The van der Waals surface area contributed by atoms with Gasteiger partial charge >= 0.3 is 0 Å². The Morgan fingerprint density at radius 1 is 1.15 bits per heavy atom. The van der Waals surface area contributed by atoms with E-state index in [-0.39, 0.29) is 6.04 Å². The second-order valence-electron chi connectivity index (χ2n) is 6.59. The molecule has 26 heavy (non-hydrogen) atoms. The third-order valence-corrected chi connectivity index (χ3v) is 4.94. The average molecular weight is 360 g/mol. The molecular formula is C20H28N2O4. The molecule has 0 N–H and O–H groups in total. The maximum Gasteiger partial charge on any atom is 0.203 e. The first-order chi connectivity index (χ1) is 12.7. The van der Waals surface area contributed by atoms with Crippen molar-refractivity contribution >= 4 is 0 Å². The number of hydrogen-bond donors (Lipinski definition) is 0. The molecule has 2 heterocycles. The Kier molecular flexibility index (Phi) is 6.04. The van der Waals surface area contributed by atoms with Gasteiger partial charge in [-0.05, 0) is 31.9 Å². The SMILES string of the molecule is CCCc1cc(C2CCCN2Cc2ccc(OC)c(OC)c2OC)no1. The summed E-state index contributed by atoms with van der Waals surface area (Å²) in [7, 11) is 4.93. The van der Waals surface area contributed by atoms with Crippen LogP contribution in [0.25, 0.3) is 0 Å². The van der Waals surface area contributed by atoms with E-state index in [0.717, 1.165) is 61.5 Å². The maximum absolute atomic E-state index is 5.63. The molecule has 1 aliphatic rings. The number of rotatable bonds is 8. The van der Waals surface area contributed by atoms with Crippen LogP contribution in [0.3, 0.4) is 0 Å². The lowest BCUT2D eigenvalue weighted by Crippen LogP contribution is -2.23. The molecule has 1 aromatic carbocycles. The van der Waals surface area contributed by atoms with Crippen LogP contribution >= 0.6 is 0 Å². The van der Waals surface area contributed by atoms with Crippen molar-refractivity contribution in [1.29, 1.82) is 0 Å². The zero-order valence-corrected chi connectivity index (χ0v) is 16.1. The summed E-state index contributed by atoms with van der Waals surface area (Å²) in [5.41, 5.74) is 2.11. The molecule has 1 atom stereocenters. The van der Waals surface area contributed by atoms with Crippen LogP contribution in [0.4, 0.5) is 0 Å². The van der Waals surface area contributed by atoms with Gasteiger partial charge < -0.3 is 18.7 Å². The minimum Gasteiger partial charge on any atom is -0.493 e. The minimum atomic E-state index is 0.280. The zero-order valence-electron chi connectivity index (χ0n) is 16.1. The van der Waals surface area contributed by atoms with Crippen molar-refractivity contribution in [3.63, 3.8) is 0 Å². The smallest absolute Gasteiger partial charge is 0.203 e. The van der Waals surface area contributed by atoms with Gasteiger partial charge in [-0.25, -0.2) is 0 Å². The number of benzene rings is 1. The summed E-state index contributed by atoms with van der Waals surface area (Å²) in [5.74, 6) is 3.00. The predicted molar refractivity (Wildman–Crippen MR) is 99.0 cm³/mol. The van der Waals surface area contributed by atoms with Crippen molar-refractivity contribution in [2.24, 2.45) is 0 Å². The van der Waals surface area contributed by atoms with Crippen molar-refractivity contribution in [2.75, 3.05) is 27.9 Å². The topological polar surface area (TPSA) is 57.0 Å². The van der Waals surface area contributed by atoms with Crippen LogP contribution < -0.4 is 14.2 Å². The molecule has 2 aromatic rings. The summed E-state index contributed by atoms with van der Waals surface area (Å²) in [6.07, 6.45) is 4.24. The van der Waals surface area contributed by atoms with Crippen molar-refractivity contribution in [2.45, 2.75) is 45.2 Å². The van der Waals surface area contributed by atoms with Crippen molar-refractivity contribution in [1.82, 2.24) is 10.1 Å². The number of hydrogen-bond acceptors (Lipinski definition) is 6. The Hall–Kier alpha value is -2.21. The fraction of sp³-hybridized carbons (Fsp3) is 0.550. The van der Waals surface area contributed by atoms with Crippen LogP contribution in [-0.4, -0.2) is 37.9 Å². The number of nitrogens with zero attached hydrogens (tertiary/aromatic N) is 2. The molecule has 0 aliphatic carbocycles. The van der Waals surface area contributed by atoms with E-state index in [1.807, 2.05) is 12.1 Å². The van der Waals surface area contributed by atoms with E-state index in [9.17, 15) is 0 Å². The lowest BCUT2D eigenvalue weighted by Gasteiger charge is -2.24. The van der Waals surface area contributed by atoms with Crippen molar-refractivity contribution < 1.29 is 18.7 Å². The van der Waals surface area contributed by atoms with Gasteiger partial charge in [0.1, 0.15) is 11.5 Å². The fourth-order valence-corrected chi connectivity index (χ4v) is 3.71. The summed E-state index contributed by atoms with van der Waals surface area (Å²) >= 11 is 0. The first kappa shape index (κ1) is 18.6. The fourth-order valence-electron chi connectivity index (χ4n) is 3.71. The van der Waals surface area contributed by atoms with Crippen LogP contribution in [-0.2, 0) is 13.0 Å². The Labute approximate surface area is 155 Å². The zero-order chi connectivity index (χ0) is 18.5. The van der Waals surface area contributed by atoms with Crippen LogP contribution in [0.15, 0.2) is 22.7 Å². The summed E-state index contributed by atoms with van der Waals surface area (Å²) in [5, 5.41) is 4.32. The minimum absolute atomic E-state index is 0.280. The monoisotopic (exact) mass is 360 g/mol. The second-order valence-corrected chi connectivity index (χ2v) is 6.59. The lowest BCUT2D eigenvalue weighted by molar-refractivity contribution is 0.231. The Morgan fingerprint density at radius 2 is 1.96 bits per heavy atom. The van der Waals surface area contributed by atoms with E-state index in [2.05, 4.69) is 23.0 Å². The van der Waals surface area contributed by atoms with Gasteiger partial charge in [0, 0.05) is 24.6 Å². The number of ether oxygens (including phenoxy) is 3. The molecule has 1 fully saturated rings. The van der Waals surface area contributed by atoms with E-state index in [1.165, 1.54) is 0 Å². The average Bonchev–Trinajstić information content (AvgIpc) is 3.30. The molecule has 3 rings (SSSR count). The molecule has 6 heteroatoms. The number of aromatic nitrogens is 1. The molecule has 1 aliphatic heterocycles. The van der Waals surface area contributed by atoms with Gasteiger partial charge in [-0.15, -0.1) is 0 Å². The summed E-state index contributed by atoms with van der Waals surface area (Å²) in [4.78, 5) is 2.43. The van der Waals surface area contributed by atoms with Crippen LogP contribution in [0.1, 0.15) is 49.2 Å². The predicted octanol–water partition coefficient (Wildman–Crippen LogP) is 3.99. The largest absolute Gasteiger partial charge is 0.493 e. The second kappa shape index (κ2) is 8.45. The highest BCUT2D eigenvalue weighted by atomic mass is 16.5. The molecule has 0 radical (unpaired) electrons. The summed E-state index contributed by atoms with van der Waals surface area (Å²) in [6, 6.07) is 6.36. The molecule has 0 amide bonds. The Bertz CT molecular complexity index is 729. The summed E-state index contributed by atoms with van der Waals surface area (Å²) < 4.78 is 22.0. The Morgan fingerprint density at radius 3 is 2.65 bits per heavy atom. The molecule has 1 unspecified atom stereocenters. The van der Waals surface area contributed by atoms with E-state index >= 15 is 0 Å². The normalized spacial score (nSPS) is 17.5. The summed E-state index contributed by atoms with van der Waals surface area (Å²) in [6.45, 7) is 3.94. The maximum atomic E-state index is 5.63. The van der Waals surface area contributed by atoms with Gasteiger partial charge in [-0.2, -0.15) is 0 Å². The van der Waals surface area contributed by atoms with E-state index in [0.29, 0.717) is 11.5 Å². The van der Waals surface area contributed by atoms with Crippen LogP contribution in [0.5, 0.6) is 17.2 Å². The van der Waals surface area contributed by atoms with Gasteiger partial charge in [-0.1, -0.05) is 18.1 Å². The quantitative estimate of drug-likeness (QED) is 0.709. The van der Waals surface area contributed by atoms with E-state index in [4.69, 9.17) is 18.7 Å². The standard InChI is InChI=1S/C20H28N2O4/c1-5-7-15-12-16(21-26-15)17-8-6-11-22(17)13-14-9-10-18(23-2)20(25-4)19(14)24-3/h9-10,12,17H,5-8,11,13H2,1-4H3. The molecule has 0 bridgehead atoms. The van der Waals surface area contributed by atoms with Gasteiger partial charge in [0.2, 0.25) is 5.75 Å². The number of aryl methyl sites for hydroxylation is 1. The van der Waals surface area contributed by atoms with E-state index in [1.54, 1.807) is 21.3 Å². The highest BCUT2D eigenvalue weighted by Gasteiger charge is 2.30.